The third-order valence-corrected chi connectivity index (χ3v) is 2.71. The number of hydrogen-bond donors (Lipinski definition) is 2. The van der Waals surface area contributed by atoms with Gasteiger partial charge in [-0.25, -0.2) is 9.80 Å². The third-order valence-electron chi connectivity index (χ3n) is 2.46. The van der Waals surface area contributed by atoms with Gasteiger partial charge in [0.1, 0.15) is 6.04 Å². The number of hydrogen-bond acceptors (Lipinski definition) is 3. The molecule has 3 amide bonds. The summed E-state index contributed by atoms with van der Waals surface area (Å²) in [6.07, 6.45) is 1.82. The number of nitrogens with two attached hydrogens (primary N) is 1. The van der Waals surface area contributed by atoms with Crippen LogP contribution >= 0.6 is 11.6 Å². The number of rotatable bonds is 2. The molecule has 7 heteroatoms. The summed E-state index contributed by atoms with van der Waals surface area (Å²) in [6.45, 7) is 0. The van der Waals surface area contributed by atoms with E-state index in [-0.39, 0.29) is 0 Å². The van der Waals surface area contributed by atoms with Gasteiger partial charge < -0.3 is 11.1 Å². The molecule has 2 rings (SSSR count). The summed E-state index contributed by atoms with van der Waals surface area (Å²) in [5, 5.41) is 8.03. The Morgan fingerprint density at radius 3 is 2.67 bits per heavy atom. The van der Waals surface area contributed by atoms with Crippen LogP contribution in [-0.2, 0) is 4.79 Å². The van der Waals surface area contributed by atoms with Gasteiger partial charge in [0, 0.05) is 23.3 Å². The minimum Gasteiger partial charge on any atom is -0.368 e. The standard InChI is InChI=1S/C11H11ClN4O2/c12-7-1-3-8(4-2-7)15-11(18)16-9(10(13)17)5-6-14-16/h1-4,6,9H,5H2,(H2,13,17)(H,15,18). The van der Waals surface area contributed by atoms with E-state index in [1.807, 2.05) is 0 Å². The molecule has 18 heavy (non-hydrogen) atoms. The summed E-state index contributed by atoms with van der Waals surface area (Å²) >= 11 is 5.73. The highest BCUT2D eigenvalue weighted by atomic mass is 35.5. The fraction of sp³-hybridized carbons (Fsp3) is 0.182. The number of carbonyl (C=O) groups excluding carboxylic acids is 2. The van der Waals surface area contributed by atoms with E-state index in [4.69, 9.17) is 17.3 Å². The summed E-state index contributed by atoms with van der Waals surface area (Å²) < 4.78 is 0. The molecule has 0 saturated carbocycles. The van der Waals surface area contributed by atoms with Crippen LogP contribution in [-0.4, -0.2) is 29.2 Å². The van der Waals surface area contributed by atoms with Crippen molar-refractivity contribution in [1.82, 2.24) is 5.01 Å². The number of nitrogens with one attached hydrogen (secondary N) is 1. The third kappa shape index (κ3) is 2.60. The van der Waals surface area contributed by atoms with Gasteiger partial charge in [-0.1, -0.05) is 11.6 Å². The fourth-order valence-corrected chi connectivity index (χ4v) is 1.69. The van der Waals surface area contributed by atoms with E-state index in [1.54, 1.807) is 24.3 Å². The first kappa shape index (κ1) is 12.4. The van der Waals surface area contributed by atoms with Crippen LogP contribution in [0.3, 0.4) is 0 Å². The van der Waals surface area contributed by atoms with E-state index < -0.39 is 18.0 Å². The molecule has 0 radical (unpaired) electrons. The Hall–Kier alpha value is -2.08. The molecule has 1 aliphatic rings. The average molecular weight is 267 g/mol. The molecular weight excluding hydrogens is 256 g/mol. The van der Waals surface area contributed by atoms with Crippen LogP contribution in [0.5, 0.6) is 0 Å². The zero-order valence-electron chi connectivity index (χ0n) is 9.34. The second-order valence-electron chi connectivity index (χ2n) is 3.73. The maximum absolute atomic E-state index is 11.9. The van der Waals surface area contributed by atoms with E-state index in [1.165, 1.54) is 6.21 Å². The number of urea groups is 1. The van der Waals surface area contributed by atoms with Crippen molar-refractivity contribution in [3.8, 4) is 0 Å². The molecule has 1 unspecified atom stereocenters. The van der Waals surface area contributed by atoms with Gasteiger partial charge in [0.2, 0.25) is 5.91 Å². The van der Waals surface area contributed by atoms with Gasteiger partial charge >= 0.3 is 6.03 Å². The van der Waals surface area contributed by atoms with Crippen molar-refractivity contribution in [3.63, 3.8) is 0 Å². The molecule has 94 valence electrons. The number of primary amides is 1. The number of amides is 3. The number of anilines is 1. The van der Waals surface area contributed by atoms with Gasteiger partial charge in [-0.3, -0.25) is 4.79 Å². The lowest BCUT2D eigenvalue weighted by atomic mass is 10.2. The van der Waals surface area contributed by atoms with E-state index in [0.29, 0.717) is 17.1 Å². The molecule has 0 saturated heterocycles. The summed E-state index contributed by atoms with van der Waals surface area (Å²) in [4.78, 5) is 23.0. The predicted octanol–water partition coefficient (Wildman–Crippen LogP) is 1.42. The van der Waals surface area contributed by atoms with Crippen LogP contribution < -0.4 is 11.1 Å². The Kier molecular flexibility index (Phi) is 3.47. The first-order chi connectivity index (χ1) is 8.58. The van der Waals surface area contributed by atoms with Crippen molar-refractivity contribution < 1.29 is 9.59 Å². The van der Waals surface area contributed by atoms with E-state index >= 15 is 0 Å². The van der Waals surface area contributed by atoms with Crippen LogP contribution in [0, 0.1) is 0 Å². The van der Waals surface area contributed by atoms with Crippen LogP contribution in [0.1, 0.15) is 6.42 Å². The minimum absolute atomic E-state index is 0.337. The summed E-state index contributed by atoms with van der Waals surface area (Å²) in [6, 6.07) is 5.37. The molecule has 6 nitrogen and oxygen atoms in total. The van der Waals surface area contributed by atoms with E-state index in [0.717, 1.165) is 5.01 Å². The van der Waals surface area contributed by atoms with Crippen LogP contribution in [0.15, 0.2) is 29.4 Å². The molecule has 0 spiro atoms. The molecule has 0 aliphatic carbocycles. The first-order valence-electron chi connectivity index (χ1n) is 5.25. The molecule has 1 aromatic carbocycles. The molecule has 1 heterocycles. The largest absolute Gasteiger partial charge is 0.368 e. The van der Waals surface area contributed by atoms with Gasteiger partial charge in [0.25, 0.3) is 0 Å². The lowest BCUT2D eigenvalue weighted by Crippen LogP contribution is -2.44. The molecule has 0 bridgehead atoms. The number of carbonyl (C=O) groups is 2. The number of halogens is 1. The van der Waals surface area contributed by atoms with Gasteiger partial charge in [0.15, 0.2) is 0 Å². The minimum atomic E-state index is -0.725. The molecule has 0 aromatic heterocycles. The normalized spacial score (nSPS) is 17.8. The SMILES string of the molecule is NC(=O)C1CC=NN1C(=O)Nc1ccc(Cl)cc1. The van der Waals surface area contributed by atoms with Gasteiger partial charge in [-0.05, 0) is 24.3 Å². The Labute approximate surface area is 108 Å². The van der Waals surface area contributed by atoms with Crippen molar-refractivity contribution >= 4 is 35.4 Å². The van der Waals surface area contributed by atoms with Crippen molar-refractivity contribution in [1.29, 1.82) is 0 Å². The maximum atomic E-state index is 11.9. The van der Waals surface area contributed by atoms with Crippen molar-refractivity contribution in [2.24, 2.45) is 10.8 Å². The zero-order chi connectivity index (χ0) is 13.1. The van der Waals surface area contributed by atoms with Crippen molar-refractivity contribution in [2.75, 3.05) is 5.32 Å². The fourth-order valence-electron chi connectivity index (χ4n) is 1.56. The maximum Gasteiger partial charge on any atom is 0.343 e. The Bertz CT molecular complexity index is 500. The highest BCUT2D eigenvalue weighted by Gasteiger charge is 2.31. The molecule has 3 N–H and O–H groups in total. The second-order valence-corrected chi connectivity index (χ2v) is 4.17. The monoisotopic (exact) mass is 266 g/mol. The summed E-state index contributed by atoms with van der Waals surface area (Å²) in [5.74, 6) is -0.584. The Balaban J connectivity index is 2.05. The molecular formula is C11H11ClN4O2. The van der Waals surface area contributed by atoms with Gasteiger partial charge in [-0.2, -0.15) is 5.10 Å². The second kappa shape index (κ2) is 5.05. The predicted molar refractivity (Wildman–Crippen MR) is 68.4 cm³/mol. The average Bonchev–Trinajstić information content (AvgIpc) is 2.81. The zero-order valence-corrected chi connectivity index (χ0v) is 10.1. The van der Waals surface area contributed by atoms with Crippen molar-refractivity contribution in [3.05, 3.63) is 29.3 Å². The lowest BCUT2D eigenvalue weighted by molar-refractivity contribution is -0.121. The highest BCUT2D eigenvalue weighted by molar-refractivity contribution is 6.30. The molecule has 1 atom stereocenters. The summed E-state index contributed by atoms with van der Waals surface area (Å²) in [5.41, 5.74) is 5.75. The number of nitrogens with zero attached hydrogens (tertiary/aromatic N) is 2. The highest BCUT2D eigenvalue weighted by Crippen LogP contribution is 2.16. The Morgan fingerprint density at radius 1 is 1.39 bits per heavy atom. The van der Waals surface area contributed by atoms with Crippen LogP contribution in [0.25, 0.3) is 0 Å². The van der Waals surface area contributed by atoms with Crippen LogP contribution in [0.4, 0.5) is 10.5 Å². The number of hydrazone groups is 1. The molecule has 0 fully saturated rings. The van der Waals surface area contributed by atoms with Crippen molar-refractivity contribution in [2.45, 2.75) is 12.5 Å². The van der Waals surface area contributed by atoms with Crippen LogP contribution in [0.2, 0.25) is 5.02 Å². The quantitative estimate of drug-likeness (QED) is 0.848. The van der Waals surface area contributed by atoms with Gasteiger partial charge in [-0.15, -0.1) is 0 Å². The number of benzene rings is 1. The molecule has 1 aromatic rings. The van der Waals surface area contributed by atoms with E-state index in [2.05, 4.69) is 10.4 Å². The Morgan fingerprint density at radius 2 is 2.06 bits per heavy atom. The lowest BCUT2D eigenvalue weighted by Gasteiger charge is -2.19. The summed E-state index contributed by atoms with van der Waals surface area (Å²) in [7, 11) is 0. The van der Waals surface area contributed by atoms with E-state index in [9.17, 15) is 9.59 Å². The smallest absolute Gasteiger partial charge is 0.343 e. The first-order valence-corrected chi connectivity index (χ1v) is 5.63. The molecule has 1 aliphatic heterocycles. The topological polar surface area (TPSA) is 87.8 Å². The van der Waals surface area contributed by atoms with Gasteiger partial charge in [0.05, 0.1) is 0 Å².